The summed E-state index contributed by atoms with van der Waals surface area (Å²) in [5, 5.41) is 4.75. The van der Waals surface area contributed by atoms with Crippen molar-refractivity contribution in [3.8, 4) is 0 Å². The van der Waals surface area contributed by atoms with E-state index in [1.807, 2.05) is 18.3 Å². The van der Waals surface area contributed by atoms with Crippen LogP contribution in [-0.4, -0.2) is 11.5 Å². The molecule has 0 radical (unpaired) electrons. The molecule has 2 rings (SSSR count). The highest BCUT2D eigenvalue weighted by Crippen LogP contribution is 2.27. The van der Waals surface area contributed by atoms with E-state index in [9.17, 15) is 0 Å². The second-order valence-corrected chi connectivity index (χ2v) is 6.02. The van der Waals surface area contributed by atoms with E-state index in [4.69, 9.17) is 0 Å². The number of benzene rings is 1. The molecule has 0 spiro atoms. The summed E-state index contributed by atoms with van der Waals surface area (Å²) in [6.07, 6.45) is 1.87. The molecule has 0 amide bonds. The number of hydrogen-bond donors (Lipinski definition) is 1. The predicted molar refractivity (Wildman–Crippen MR) is 78.9 cm³/mol. The van der Waals surface area contributed by atoms with Gasteiger partial charge in [0, 0.05) is 23.8 Å². The van der Waals surface area contributed by atoms with Gasteiger partial charge in [-0.25, -0.2) is 0 Å². The summed E-state index contributed by atoms with van der Waals surface area (Å²) in [7, 11) is 0. The lowest BCUT2D eigenvalue weighted by atomic mass is 9.82. The molecule has 1 N–H and O–H groups in total. The normalized spacial score (nSPS) is 13.6. The molecule has 1 aromatic heterocycles. The first-order valence-electron chi connectivity index (χ1n) is 6.56. The first-order valence-corrected chi connectivity index (χ1v) is 6.56. The van der Waals surface area contributed by atoms with Gasteiger partial charge < -0.3 is 5.32 Å². The van der Waals surface area contributed by atoms with E-state index in [1.165, 1.54) is 11.1 Å². The van der Waals surface area contributed by atoms with Crippen LogP contribution >= 0.6 is 0 Å². The van der Waals surface area contributed by atoms with Crippen LogP contribution in [-0.2, 0) is 0 Å². The third kappa shape index (κ3) is 2.81. The first kappa shape index (κ1) is 12.9. The van der Waals surface area contributed by atoms with Gasteiger partial charge in [0.1, 0.15) is 0 Å². The summed E-state index contributed by atoms with van der Waals surface area (Å²) in [6.45, 7) is 10.1. The van der Waals surface area contributed by atoms with Crippen LogP contribution in [0.25, 0.3) is 10.9 Å². The van der Waals surface area contributed by atoms with Crippen LogP contribution in [0.5, 0.6) is 0 Å². The van der Waals surface area contributed by atoms with Crippen LogP contribution in [0.2, 0.25) is 0 Å². The Morgan fingerprint density at radius 3 is 2.61 bits per heavy atom. The van der Waals surface area contributed by atoms with Crippen LogP contribution in [0.4, 0.5) is 5.69 Å². The number of nitrogens with zero attached hydrogens (tertiary/aromatic N) is 1. The second kappa shape index (κ2) is 4.97. The van der Waals surface area contributed by atoms with Gasteiger partial charge in [0.2, 0.25) is 0 Å². The lowest BCUT2D eigenvalue weighted by Crippen LogP contribution is -2.24. The highest BCUT2D eigenvalue weighted by atomic mass is 14.9. The Balaban J connectivity index is 2.18. The fourth-order valence-electron chi connectivity index (χ4n) is 1.82. The van der Waals surface area contributed by atoms with E-state index >= 15 is 0 Å². The zero-order chi connectivity index (χ0) is 13.2. The Morgan fingerprint density at radius 1 is 1.17 bits per heavy atom. The molecule has 0 aliphatic rings. The minimum Gasteiger partial charge on any atom is -0.384 e. The number of rotatable bonds is 3. The average Bonchev–Trinajstić information content (AvgIpc) is 2.34. The standard InChI is InChI=1S/C16H22N2/c1-12(16(2,3)4)11-18-15-9-10-17-14-8-6-5-7-13(14)15/h5-10,12H,11H2,1-4H3,(H,17,18). The molecular formula is C16H22N2. The van der Waals surface area contributed by atoms with Crippen LogP contribution in [0.1, 0.15) is 27.7 Å². The molecular weight excluding hydrogens is 220 g/mol. The third-order valence-corrected chi connectivity index (χ3v) is 3.73. The molecule has 1 aromatic carbocycles. The highest BCUT2D eigenvalue weighted by molar-refractivity contribution is 5.90. The molecule has 0 fully saturated rings. The Labute approximate surface area is 109 Å². The minimum absolute atomic E-state index is 0.329. The van der Waals surface area contributed by atoms with Crippen molar-refractivity contribution in [2.24, 2.45) is 11.3 Å². The largest absolute Gasteiger partial charge is 0.384 e. The zero-order valence-electron chi connectivity index (χ0n) is 11.7. The van der Waals surface area contributed by atoms with E-state index in [2.05, 4.69) is 56.2 Å². The van der Waals surface area contributed by atoms with Crippen molar-refractivity contribution in [2.45, 2.75) is 27.7 Å². The number of hydrogen-bond acceptors (Lipinski definition) is 2. The summed E-state index contributed by atoms with van der Waals surface area (Å²) in [5.74, 6) is 0.615. The lowest BCUT2D eigenvalue weighted by Gasteiger charge is -2.27. The molecule has 1 heterocycles. The van der Waals surface area contributed by atoms with Crippen LogP contribution in [0, 0.1) is 11.3 Å². The Bertz CT molecular complexity index is 521. The van der Waals surface area contributed by atoms with Crippen molar-refractivity contribution in [2.75, 3.05) is 11.9 Å². The molecule has 2 aromatic rings. The van der Waals surface area contributed by atoms with E-state index in [1.54, 1.807) is 0 Å². The molecule has 18 heavy (non-hydrogen) atoms. The zero-order valence-corrected chi connectivity index (χ0v) is 11.7. The van der Waals surface area contributed by atoms with Crippen molar-refractivity contribution in [1.29, 1.82) is 0 Å². The first-order chi connectivity index (χ1) is 8.48. The van der Waals surface area contributed by atoms with Crippen molar-refractivity contribution >= 4 is 16.6 Å². The fraction of sp³-hybridized carbons (Fsp3) is 0.438. The van der Waals surface area contributed by atoms with Crippen molar-refractivity contribution in [3.05, 3.63) is 36.5 Å². The van der Waals surface area contributed by atoms with Gasteiger partial charge in [0.15, 0.2) is 0 Å². The van der Waals surface area contributed by atoms with Crippen LogP contribution < -0.4 is 5.32 Å². The van der Waals surface area contributed by atoms with Crippen molar-refractivity contribution in [3.63, 3.8) is 0 Å². The van der Waals surface area contributed by atoms with Gasteiger partial charge in [0.05, 0.1) is 5.52 Å². The molecule has 2 heteroatoms. The van der Waals surface area contributed by atoms with Gasteiger partial charge >= 0.3 is 0 Å². The van der Waals surface area contributed by atoms with Crippen molar-refractivity contribution in [1.82, 2.24) is 4.98 Å². The average molecular weight is 242 g/mol. The highest BCUT2D eigenvalue weighted by Gasteiger charge is 2.19. The van der Waals surface area contributed by atoms with E-state index in [-0.39, 0.29) is 0 Å². The Hall–Kier alpha value is -1.57. The maximum absolute atomic E-state index is 4.38. The van der Waals surface area contributed by atoms with Gasteiger partial charge in [-0.15, -0.1) is 0 Å². The SMILES string of the molecule is CC(CNc1ccnc2ccccc12)C(C)(C)C. The van der Waals surface area contributed by atoms with Gasteiger partial charge in [-0.3, -0.25) is 4.98 Å². The fourth-order valence-corrected chi connectivity index (χ4v) is 1.82. The quantitative estimate of drug-likeness (QED) is 0.866. The summed E-state index contributed by atoms with van der Waals surface area (Å²) in [4.78, 5) is 4.38. The molecule has 0 bridgehead atoms. The Kier molecular flexibility index (Phi) is 3.55. The van der Waals surface area contributed by atoms with Crippen LogP contribution in [0.15, 0.2) is 36.5 Å². The summed E-state index contributed by atoms with van der Waals surface area (Å²) < 4.78 is 0. The predicted octanol–water partition coefficient (Wildman–Crippen LogP) is 4.33. The maximum atomic E-state index is 4.38. The topological polar surface area (TPSA) is 24.9 Å². The van der Waals surface area contributed by atoms with Crippen LogP contribution in [0.3, 0.4) is 0 Å². The minimum atomic E-state index is 0.329. The van der Waals surface area contributed by atoms with Gasteiger partial charge in [-0.1, -0.05) is 45.9 Å². The number of aromatic nitrogens is 1. The van der Waals surface area contributed by atoms with E-state index < -0.39 is 0 Å². The summed E-state index contributed by atoms with van der Waals surface area (Å²) in [5.41, 5.74) is 2.55. The summed E-state index contributed by atoms with van der Waals surface area (Å²) >= 11 is 0. The third-order valence-electron chi connectivity index (χ3n) is 3.73. The van der Waals surface area contributed by atoms with Gasteiger partial charge in [-0.2, -0.15) is 0 Å². The molecule has 2 nitrogen and oxygen atoms in total. The maximum Gasteiger partial charge on any atom is 0.0722 e. The van der Waals surface area contributed by atoms with Gasteiger partial charge in [-0.05, 0) is 23.5 Å². The second-order valence-electron chi connectivity index (χ2n) is 6.02. The molecule has 0 aliphatic carbocycles. The Morgan fingerprint density at radius 2 is 1.89 bits per heavy atom. The smallest absolute Gasteiger partial charge is 0.0722 e. The van der Waals surface area contributed by atoms with E-state index in [0.29, 0.717) is 11.3 Å². The summed E-state index contributed by atoms with van der Waals surface area (Å²) in [6, 6.07) is 10.3. The molecule has 1 unspecified atom stereocenters. The number of anilines is 1. The molecule has 0 saturated heterocycles. The number of nitrogens with one attached hydrogen (secondary N) is 1. The number of para-hydroxylation sites is 1. The molecule has 0 saturated carbocycles. The van der Waals surface area contributed by atoms with E-state index in [0.717, 1.165) is 12.1 Å². The monoisotopic (exact) mass is 242 g/mol. The molecule has 96 valence electrons. The number of fused-ring (bicyclic) bond motifs is 1. The molecule has 1 atom stereocenters. The lowest BCUT2D eigenvalue weighted by molar-refractivity contribution is 0.274. The van der Waals surface area contributed by atoms with Crippen molar-refractivity contribution < 1.29 is 0 Å². The number of pyridine rings is 1. The molecule has 0 aliphatic heterocycles. The van der Waals surface area contributed by atoms with Gasteiger partial charge in [0.25, 0.3) is 0 Å².